The highest BCUT2D eigenvalue weighted by atomic mass is 16.1. The number of aromatic nitrogens is 2. The molecule has 0 amide bonds. The van der Waals surface area contributed by atoms with Gasteiger partial charge in [0.25, 0.3) is 0 Å². The molecule has 1 aliphatic heterocycles. The number of rotatable bonds is 8. The van der Waals surface area contributed by atoms with Gasteiger partial charge in [-0.05, 0) is 30.2 Å². The average Bonchev–Trinajstić information content (AvgIpc) is 2.78. The predicted octanol–water partition coefficient (Wildman–Crippen LogP) is 2.33. The van der Waals surface area contributed by atoms with Crippen LogP contribution >= 0.6 is 0 Å². The molecule has 152 valence electrons. The number of aliphatic imine (C=N–C) groups is 1. The number of piperazine rings is 1. The van der Waals surface area contributed by atoms with E-state index in [1.165, 1.54) is 0 Å². The van der Waals surface area contributed by atoms with Crippen molar-refractivity contribution in [2.75, 3.05) is 43.4 Å². The number of nitrogens with zero attached hydrogens (tertiary/aromatic N) is 5. The van der Waals surface area contributed by atoms with Gasteiger partial charge in [0.2, 0.25) is 0 Å². The van der Waals surface area contributed by atoms with E-state index in [2.05, 4.69) is 30.1 Å². The lowest BCUT2D eigenvalue weighted by Crippen LogP contribution is -2.46. The van der Waals surface area contributed by atoms with Crippen molar-refractivity contribution in [3.63, 3.8) is 0 Å². The number of hydrogen-bond acceptors (Lipinski definition) is 8. The molecule has 0 saturated carbocycles. The second kappa shape index (κ2) is 9.88. The summed E-state index contributed by atoms with van der Waals surface area (Å²) in [5, 5.41) is 3.12. The lowest BCUT2D eigenvalue weighted by Gasteiger charge is -2.36. The summed E-state index contributed by atoms with van der Waals surface area (Å²) < 4.78 is 0. The largest absolute Gasteiger partial charge is 0.385 e. The molecular formula is C21H26N6O2. The van der Waals surface area contributed by atoms with Crippen molar-refractivity contribution >= 4 is 35.5 Å². The number of carbonyl (C=O) groups is 2. The zero-order valence-electron chi connectivity index (χ0n) is 16.8. The third kappa shape index (κ3) is 5.23. The molecule has 0 aliphatic carbocycles. The molecule has 0 spiro atoms. The van der Waals surface area contributed by atoms with Gasteiger partial charge >= 0.3 is 0 Å². The predicted molar refractivity (Wildman–Crippen MR) is 114 cm³/mol. The first-order valence-electron chi connectivity index (χ1n) is 9.74. The van der Waals surface area contributed by atoms with Crippen LogP contribution in [0.15, 0.2) is 35.6 Å². The van der Waals surface area contributed by atoms with Gasteiger partial charge in [-0.3, -0.25) is 19.5 Å². The van der Waals surface area contributed by atoms with Crippen molar-refractivity contribution in [1.82, 2.24) is 14.9 Å². The fraction of sp³-hybridized carbons (Fsp3) is 0.381. The molecule has 0 unspecified atom stereocenters. The van der Waals surface area contributed by atoms with Crippen LogP contribution in [-0.4, -0.2) is 66.4 Å². The Morgan fingerprint density at radius 1 is 1.17 bits per heavy atom. The monoisotopic (exact) mass is 394 g/mol. The number of pyridine rings is 2. The second-order valence-corrected chi connectivity index (χ2v) is 6.86. The molecule has 1 N–H and O–H groups in total. The molecule has 3 rings (SSSR count). The maximum absolute atomic E-state index is 11.0. The third-order valence-electron chi connectivity index (χ3n) is 4.98. The molecule has 29 heavy (non-hydrogen) atoms. The maximum atomic E-state index is 11.0. The quantitative estimate of drug-likeness (QED) is 0.543. The van der Waals surface area contributed by atoms with Gasteiger partial charge in [0.05, 0.1) is 23.3 Å². The van der Waals surface area contributed by atoms with Crippen molar-refractivity contribution in [2.24, 2.45) is 4.99 Å². The minimum Gasteiger partial charge on any atom is -0.385 e. The van der Waals surface area contributed by atoms with Gasteiger partial charge in [-0.15, -0.1) is 0 Å². The van der Waals surface area contributed by atoms with Gasteiger partial charge in [0, 0.05) is 46.0 Å². The Morgan fingerprint density at radius 3 is 2.55 bits per heavy atom. The highest BCUT2D eigenvalue weighted by Crippen LogP contribution is 2.24. The van der Waals surface area contributed by atoms with Crippen LogP contribution in [0.5, 0.6) is 0 Å². The second-order valence-electron chi connectivity index (χ2n) is 6.86. The standard InChI is InChI=1S/C21H26N6O2/c1-3-17(14-28)25-21-20(22-2)10-16(11-24-21)13-26-6-8-27(9-7-26)19-5-4-18(15-29)23-12-19/h4-5,10-12,14-15,22H,3,6-9,13H2,1-2H3. The van der Waals surface area contributed by atoms with E-state index in [4.69, 9.17) is 0 Å². The van der Waals surface area contributed by atoms with Crippen molar-refractivity contribution in [1.29, 1.82) is 0 Å². The van der Waals surface area contributed by atoms with Gasteiger partial charge in [-0.2, -0.15) is 0 Å². The molecule has 2 aromatic rings. The number of hydrogen-bond donors (Lipinski definition) is 1. The molecule has 1 saturated heterocycles. The Labute approximate surface area is 170 Å². The van der Waals surface area contributed by atoms with Crippen LogP contribution in [-0.2, 0) is 11.3 Å². The minimum absolute atomic E-state index is 0.451. The van der Waals surface area contributed by atoms with E-state index in [1.54, 1.807) is 12.3 Å². The molecular weight excluding hydrogens is 368 g/mol. The molecule has 0 bridgehead atoms. The highest BCUT2D eigenvalue weighted by molar-refractivity contribution is 6.28. The Bertz CT molecular complexity index is 873. The maximum Gasteiger partial charge on any atom is 0.175 e. The molecule has 2 aromatic heterocycles. The summed E-state index contributed by atoms with van der Waals surface area (Å²) in [6.07, 6.45) is 5.69. The van der Waals surface area contributed by atoms with Crippen LogP contribution < -0.4 is 10.2 Å². The van der Waals surface area contributed by atoms with Gasteiger partial charge in [-0.25, -0.2) is 9.98 Å². The number of anilines is 2. The fourth-order valence-electron chi connectivity index (χ4n) is 3.26. The Kier molecular flexibility index (Phi) is 7.02. The summed E-state index contributed by atoms with van der Waals surface area (Å²) >= 11 is 0. The van der Waals surface area contributed by atoms with Crippen LogP contribution in [0.25, 0.3) is 0 Å². The van der Waals surface area contributed by atoms with Crippen LogP contribution in [0.4, 0.5) is 17.2 Å². The summed E-state index contributed by atoms with van der Waals surface area (Å²) in [5.41, 5.74) is 3.89. The molecule has 3 heterocycles. The molecule has 0 aromatic carbocycles. The summed E-state index contributed by atoms with van der Waals surface area (Å²) in [6, 6.07) is 5.73. The summed E-state index contributed by atoms with van der Waals surface area (Å²) in [7, 11) is 1.83. The van der Waals surface area contributed by atoms with Gasteiger partial charge < -0.3 is 10.2 Å². The van der Waals surface area contributed by atoms with Crippen LogP contribution in [0.1, 0.15) is 29.4 Å². The number of aldehydes is 2. The SMILES string of the molecule is CCC(C=O)=Nc1ncc(CN2CCN(c3ccc(C=O)nc3)CC2)cc1NC. The molecule has 8 nitrogen and oxygen atoms in total. The van der Waals surface area contributed by atoms with Crippen molar-refractivity contribution in [2.45, 2.75) is 19.9 Å². The zero-order valence-corrected chi connectivity index (χ0v) is 16.8. The van der Waals surface area contributed by atoms with E-state index in [0.29, 0.717) is 23.6 Å². The summed E-state index contributed by atoms with van der Waals surface area (Å²) in [6.45, 7) is 6.35. The van der Waals surface area contributed by atoms with Crippen molar-refractivity contribution in [3.8, 4) is 0 Å². The van der Waals surface area contributed by atoms with Crippen molar-refractivity contribution in [3.05, 3.63) is 41.9 Å². The number of nitrogens with one attached hydrogen (secondary N) is 1. The van der Waals surface area contributed by atoms with E-state index in [9.17, 15) is 9.59 Å². The van der Waals surface area contributed by atoms with Gasteiger partial charge in [0.15, 0.2) is 18.4 Å². The topological polar surface area (TPSA) is 90.8 Å². The lowest BCUT2D eigenvalue weighted by atomic mass is 10.2. The smallest absolute Gasteiger partial charge is 0.175 e. The number of carbonyl (C=O) groups excluding carboxylic acids is 2. The molecule has 8 heteroatoms. The summed E-state index contributed by atoms with van der Waals surface area (Å²) in [5.74, 6) is 0.538. The lowest BCUT2D eigenvalue weighted by molar-refractivity contribution is -0.102. The highest BCUT2D eigenvalue weighted by Gasteiger charge is 2.18. The first kappa shape index (κ1) is 20.6. The Hall–Kier alpha value is -3.13. The van der Waals surface area contributed by atoms with E-state index in [1.807, 2.05) is 32.3 Å². The Morgan fingerprint density at radius 2 is 1.97 bits per heavy atom. The van der Waals surface area contributed by atoms with E-state index < -0.39 is 0 Å². The van der Waals surface area contributed by atoms with E-state index >= 15 is 0 Å². The van der Waals surface area contributed by atoms with Gasteiger partial charge in [0.1, 0.15) is 5.69 Å². The molecule has 1 fully saturated rings. The van der Waals surface area contributed by atoms with E-state index in [-0.39, 0.29) is 0 Å². The molecule has 0 atom stereocenters. The van der Waals surface area contributed by atoms with Crippen molar-refractivity contribution < 1.29 is 9.59 Å². The van der Waals surface area contributed by atoms with Crippen LogP contribution in [0.3, 0.4) is 0 Å². The molecule has 1 aliphatic rings. The normalized spacial score (nSPS) is 15.2. The zero-order chi connectivity index (χ0) is 20.6. The first-order valence-corrected chi connectivity index (χ1v) is 9.74. The minimum atomic E-state index is 0.451. The molecule has 0 radical (unpaired) electrons. The Balaban J connectivity index is 1.61. The van der Waals surface area contributed by atoms with Crippen LogP contribution in [0.2, 0.25) is 0 Å². The third-order valence-corrected chi connectivity index (χ3v) is 4.98. The first-order chi connectivity index (χ1) is 14.2. The average molecular weight is 394 g/mol. The van der Waals surface area contributed by atoms with Gasteiger partial charge in [-0.1, -0.05) is 6.92 Å². The van der Waals surface area contributed by atoms with E-state index in [0.717, 1.165) is 62.2 Å². The fourth-order valence-corrected chi connectivity index (χ4v) is 3.26. The van der Waals surface area contributed by atoms with Crippen LogP contribution in [0, 0.1) is 0 Å². The summed E-state index contributed by atoms with van der Waals surface area (Å²) in [4.78, 5) is 39.4.